The number of hydrogen-bond donors (Lipinski definition) is 1. The van der Waals surface area contributed by atoms with E-state index in [1.165, 1.54) is 0 Å². The molecule has 0 aliphatic carbocycles. The number of ether oxygens (including phenoxy) is 3. The predicted molar refractivity (Wildman–Crippen MR) is 92.8 cm³/mol. The first-order valence-electron chi connectivity index (χ1n) is 8.04. The van der Waals surface area contributed by atoms with Gasteiger partial charge in [-0.3, -0.25) is 0 Å². The third-order valence-corrected chi connectivity index (χ3v) is 4.04. The molecule has 1 saturated heterocycles. The summed E-state index contributed by atoms with van der Waals surface area (Å²) in [6, 6.07) is 17.7. The van der Waals surface area contributed by atoms with Crippen LogP contribution in [0.4, 0.5) is 0 Å². The molecule has 1 N–H and O–H groups in total. The van der Waals surface area contributed by atoms with Crippen LogP contribution in [-0.2, 0) is 16.1 Å². The topological polar surface area (TPSA) is 47.9 Å². The molecule has 0 spiro atoms. The molecule has 3 rings (SSSR count). The molecular weight excluding hydrogens is 304 g/mol. The van der Waals surface area contributed by atoms with E-state index in [4.69, 9.17) is 14.2 Å². The molecule has 4 heteroatoms. The van der Waals surface area contributed by atoms with E-state index in [0.29, 0.717) is 6.61 Å². The van der Waals surface area contributed by atoms with Crippen molar-refractivity contribution >= 4 is 6.08 Å². The minimum absolute atomic E-state index is 0.251. The number of hydrogen-bond acceptors (Lipinski definition) is 4. The summed E-state index contributed by atoms with van der Waals surface area (Å²) < 4.78 is 16.7. The SMILES string of the molecule is COc1ccc(CO[C@@H]2[C@H](O)CO[C@@H]2/C=C/c2ccccc2)cc1. The largest absolute Gasteiger partial charge is 0.497 e. The van der Waals surface area contributed by atoms with Crippen molar-refractivity contribution in [1.29, 1.82) is 0 Å². The van der Waals surface area contributed by atoms with Crippen molar-refractivity contribution in [2.45, 2.75) is 24.9 Å². The Kier molecular flexibility index (Phi) is 5.64. The molecule has 4 nitrogen and oxygen atoms in total. The fourth-order valence-electron chi connectivity index (χ4n) is 2.67. The van der Waals surface area contributed by atoms with Crippen LogP contribution in [0, 0.1) is 0 Å². The number of aliphatic hydroxyl groups excluding tert-OH is 1. The predicted octanol–water partition coefficient (Wildman–Crippen LogP) is 3.05. The summed E-state index contributed by atoms with van der Waals surface area (Å²) in [4.78, 5) is 0. The van der Waals surface area contributed by atoms with Crippen LogP contribution in [0.5, 0.6) is 5.75 Å². The Morgan fingerprint density at radius 1 is 1.12 bits per heavy atom. The van der Waals surface area contributed by atoms with E-state index < -0.39 is 6.10 Å². The molecule has 1 heterocycles. The quantitative estimate of drug-likeness (QED) is 0.886. The third kappa shape index (κ3) is 4.23. The summed E-state index contributed by atoms with van der Waals surface area (Å²) >= 11 is 0. The van der Waals surface area contributed by atoms with Crippen LogP contribution >= 0.6 is 0 Å². The Hall–Kier alpha value is -2.14. The zero-order chi connectivity index (χ0) is 16.8. The number of benzene rings is 2. The first kappa shape index (κ1) is 16.7. The number of aliphatic hydroxyl groups is 1. The van der Waals surface area contributed by atoms with Crippen LogP contribution < -0.4 is 4.74 Å². The summed E-state index contributed by atoms with van der Waals surface area (Å²) in [5.41, 5.74) is 2.12. The molecule has 1 fully saturated rings. The molecular formula is C20H22O4. The Bertz CT molecular complexity index is 651. The van der Waals surface area contributed by atoms with E-state index in [1.54, 1.807) is 7.11 Å². The highest BCUT2D eigenvalue weighted by molar-refractivity contribution is 5.49. The van der Waals surface area contributed by atoms with E-state index >= 15 is 0 Å². The van der Waals surface area contributed by atoms with Crippen molar-refractivity contribution in [1.82, 2.24) is 0 Å². The Labute approximate surface area is 142 Å². The first-order valence-corrected chi connectivity index (χ1v) is 8.04. The molecule has 2 aromatic rings. The standard InChI is InChI=1S/C20H22O4/c1-22-17-10-7-16(8-11-17)13-24-20-18(21)14-23-19(20)12-9-15-5-3-2-4-6-15/h2-12,18-21H,13-14H2,1H3/b12-9+/t18-,19-,20-/m1/s1. The van der Waals surface area contributed by atoms with Gasteiger partial charge in [-0.15, -0.1) is 0 Å². The van der Waals surface area contributed by atoms with Crippen molar-refractivity contribution in [3.8, 4) is 5.75 Å². The minimum atomic E-state index is -0.617. The second-order valence-electron chi connectivity index (χ2n) is 5.76. The summed E-state index contributed by atoms with van der Waals surface area (Å²) in [6.45, 7) is 0.710. The van der Waals surface area contributed by atoms with Crippen LogP contribution in [0.15, 0.2) is 60.7 Å². The smallest absolute Gasteiger partial charge is 0.118 e. The normalized spacial score (nSPS) is 23.7. The van der Waals surface area contributed by atoms with E-state index in [1.807, 2.05) is 66.7 Å². The molecule has 1 aliphatic rings. The maximum Gasteiger partial charge on any atom is 0.118 e. The Balaban J connectivity index is 1.60. The van der Waals surface area contributed by atoms with Gasteiger partial charge in [0, 0.05) is 0 Å². The second-order valence-corrected chi connectivity index (χ2v) is 5.76. The highest BCUT2D eigenvalue weighted by atomic mass is 16.6. The average Bonchev–Trinajstić information content (AvgIpc) is 2.99. The van der Waals surface area contributed by atoms with Crippen LogP contribution in [0.3, 0.4) is 0 Å². The van der Waals surface area contributed by atoms with Gasteiger partial charge < -0.3 is 19.3 Å². The average molecular weight is 326 g/mol. The highest BCUT2D eigenvalue weighted by Crippen LogP contribution is 2.22. The lowest BCUT2D eigenvalue weighted by Gasteiger charge is -2.19. The van der Waals surface area contributed by atoms with Crippen molar-refractivity contribution in [3.63, 3.8) is 0 Å². The number of methoxy groups -OCH3 is 1. The second kappa shape index (κ2) is 8.11. The van der Waals surface area contributed by atoms with Crippen molar-refractivity contribution in [2.75, 3.05) is 13.7 Å². The Morgan fingerprint density at radius 3 is 2.58 bits per heavy atom. The lowest BCUT2D eigenvalue weighted by Crippen LogP contribution is -2.32. The molecule has 0 bridgehead atoms. The maximum absolute atomic E-state index is 10.1. The molecule has 1 aliphatic heterocycles. The van der Waals surface area contributed by atoms with Gasteiger partial charge in [-0.05, 0) is 23.3 Å². The van der Waals surface area contributed by atoms with Gasteiger partial charge in [0.25, 0.3) is 0 Å². The van der Waals surface area contributed by atoms with Crippen molar-refractivity contribution in [2.24, 2.45) is 0 Å². The van der Waals surface area contributed by atoms with E-state index in [9.17, 15) is 5.11 Å². The lowest BCUT2D eigenvalue weighted by molar-refractivity contribution is -0.0336. The molecule has 0 saturated carbocycles. The summed E-state index contributed by atoms with van der Waals surface area (Å²) in [5.74, 6) is 0.812. The van der Waals surface area contributed by atoms with Crippen LogP contribution in [-0.4, -0.2) is 37.1 Å². The lowest BCUT2D eigenvalue weighted by atomic mass is 10.1. The van der Waals surface area contributed by atoms with E-state index in [-0.39, 0.29) is 18.8 Å². The van der Waals surface area contributed by atoms with Gasteiger partial charge in [-0.25, -0.2) is 0 Å². The van der Waals surface area contributed by atoms with Crippen molar-refractivity contribution < 1.29 is 19.3 Å². The molecule has 3 atom stereocenters. The number of rotatable bonds is 6. The van der Waals surface area contributed by atoms with E-state index in [2.05, 4.69) is 0 Å². The fraction of sp³-hybridized carbons (Fsp3) is 0.300. The van der Waals surface area contributed by atoms with Gasteiger partial charge in [-0.1, -0.05) is 54.6 Å². The molecule has 0 aromatic heterocycles. The molecule has 24 heavy (non-hydrogen) atoms. The first-order chi connectivity index (χ1) is 11.8. The van der Waals surface area contributed by atoms with Crippen LogP contribution in [0.2, 0.25) is 0 Å². The zero-order valence-corrected chi connectivity index (χ0v) is 13.7. The zero-order valence-electron chi connectivity index (χ0n) is 13.7. The summed E-state index contributed by atoms with van der Waals surface area (Å²) in [7, 11) is 1.64. The summed E-state index contributed by atoms with van der Waals surface area (Å²) in [6.07, 6.45) is 2.70. The Morgan fingerprint density at radius 2 is 1.88 bits per heavy atom. The summed E-state index contributed by atoms with van der Waals surface area (Å²) in [5, 5.41) is 10.1. The molecule has 0 amide bonds. The van der Waals surface area contributed by atoms with Gasteiger partial charge in [0.05, 0.1) is 20.3 Å². The molecule has 126 valence electrons. The molecule has 0 unspecified atom stereocenters. The van der Waals surface area contributed by atoms with Gasteiger partial charge in [0.15, 0.2) is 0 Å². The van der Waals surface area contributed by atoms with Gasteiger partial charge in [0.1, 0.15) is 24.1 Å². The third-order valence-electron chi connectivity index (χ3n) is 4.04. The van der Waals surface area contributed by atoms with Crippen LogP contribution in [0.1, 0.15) is 11.1 Å². The minimum Gasteiger partial charge on any atom is -0.497 e. The molecule has 0 radical (unpaired) electrons. The highest BCUT2D eigenvalue weighted by Gasteiger charge is 2.35. The van der Waals surface area contributed by atoms with E-state index in [0.717, 1.165) is 16.9 Å². The fourth-order valence-corrected chi connectivity index (χ4v) is 2.67. The van der Waals surface area contributed by atoms with Gasteiger partial charge in [-0.2, -0.15) is 0 Å². The van der Waals surface area contributed by atoms with Gasteiger partial charge in [0.2, 0.25) is 0 Å². The van der Waals surface area contributed by atoms with Crippen molar-refractivity contribution in [3.05, 3.63) is 71.8 Å². The maximum atomic E-state index is 10.1. The molecule has 2 aromatic carbocycles. The monoisotopic (exact) mass is 326 g/mol. The van der Waals surface area contributed by atoms with Gasteiger partial charge >= 0.3 is 0 Å². The van der Waals surface area contributed by atoms with Crippen LogP contribution in [0.25, 0.3) is 6.08 Å².